The predicted molar refractivity (Wildman–Crippen MR) is 126 cm³/mol. The molecule has 3 rings (SSSR count). The lowest BCUT2D eigenvalue weighted by molar-refractivity contribution is -0.142. The highest BCUT2D eigenvalue weighted by Crippen LogP contribution is 2.44. The monoisotopic (exact) mass is 452 g/mol. The lowest BCUT2D eigenvalue weighted by atomic mass is 9.98. The Morgan fingerprint density at radius 1 is 1.03 bits per heavy atom. The summed E-state index contributed by atoms with van der Waals surface area (Å²) in [6.07, 6.45) is 0.942. The zero-order chi connectivity index (χ0) is 24.0. The van der Waals surface area contributed by atoms with Crippen molar-refractivity contribution in [1.29, 1.82) is 0 Å². The van der Waals surface area contributed by atoms with Crippen molar-refractivity contribution >= 4 is 18.0 Å². The molecule has 3 N–H and O–H groups in total. The lowest BCUT2D eigenvalue weighted by Crippen LogP contribution is -2.46. The average molecular weight is 453 g/mol. The van der Waals surface area contributed by atoms with Crippen LogP contribution in [0, 0.1) is 0 Å². The fourth-order valence-electron chi connectivity index (χ4n) is 4.21. The SMILES string of the molecule is CCC[C@@H](NC(=O)CCC(C)(C)NC(=O)OCC1c2ccccc2-c2ccccc21)C(=O)O. The van der Waals surface area contributed by atoms with Gasteiger partial charge in [-0.1, -0.05) is 61.9 Å². The molecule has 0 fully saturated rings. The van der Waals surface area contributed by atoms with Gasteiger partial charge in [-0.05, 0) is 48.9 Å². The molecule has 0 heterocycles. The number of hydrogen-bond donors (Lipinski definition) is 3. The van der Waals surface area contributed by atoms with Crippen molar-refractivity contribution < 1.29 is 24.2 Å². The van der Waals surface area contributed by atoms with E-state index in [2.05, 4.69) is 34.9 Å². The van der Waals surface area contributed by atoms with Crippen molar-refractivity contribution in [3.8, 4) is 11.1 Å². The Hall–Kier alpha value is -3.35. The third kappa shape index (κ3) is 6.12. The molecule has 7 heteroatoms. The minimum atomic E-state index is -1.04. The smallest absolute Gasteiger partial charge is 0.407 e. The average Bonchev–Trinajstić information content (AvgIpc) is 3.09. The van der Waals surface area contributed by atoms with Crippen molar-refractivity contribution in [1.82, 2.24) is 10.6 Å². The number of nitrogens with one attached hydrogen (secondary N) is 2. The topological polar surface area (TPSA) is 105 Å². The molecule has 2 aromatic carbocycles. The fraction of sp³-hybridized carbons (Fsp3) is 0.423. The first-order valence-electron chi connectivity index (χ1n) is 11.4. The maximum absolute atomic E-state index is 12.5. The number of carbonyl (C=O) groups excluding carboxylic acids is 2. The van der Waals surface area contributed by atoms with Gasteiger partial charge in [-0.25, -0.2) is 9.59 Å². The van der Waals surface area contributed by atoms with Crippen LogP contribution in [0.5, 0.6) is 0 Å². The van der Waals surface area contributed by atoms with Gasteiger partial charge in [-0.15, -0.1) is 0 Å². The molecule has 0 saturated heterocycles. The number of fused-ring (bicyclic) bond motifs is 3. The second-order valence-corrected chi connectivity index (χ2v) is 9.08. The van der Waals surface area contributed by atoms with E-state index in [4.69, 9.17) is 4.74 Å². The maximum Gasteiger partial charge on any atom is 0.407 e. The van der Waals surface area contributed by atoms with E-state index in [0.29, 0.717) is 19.3 Å². The molecule has 7 nitrogen and oxygen atoms in total. The summed E-state index contributed by atoms with van der Waals surface area (Å²) in [7, 11) is 0. The van der Waals surface area contributed by atoms with Crippen molar-refractivity contribution in [2.24, 2.45) is 0 Å². The molecule has 33 heavy (non-hydrogen) atoms. The normalized spacial score (nSPS) is 13.5. The van der Waals surface area contributed by atoms with E-state index in [9.17, 15) is 19.5 Å². The van der Waals surface area contributed by atoms with E-state index in [1.807, 2.05) is 45.0 Å². The Balaban J connectivity index is 1.52. The zero-order valence-electron chi connectivity index (χ0n) is 19.4. The van der Waals surface area contributed by atoms with Gasteiger partial charge < -0.3 is 20.5 Å². The highest BCUT2D eigenvalue weighted by molar-refractivity contribution is 5.83. The summed E-state index contributed by atoms with van der Waals surface area (Å²) in [6.45, 7) is 5.70. The Kier molecular flexibility index (Phi) is 7.74. The van der Waals surface area contributed by atoms with E-state index in [1.165, 1.54) is 0 Å². The summed E-state index contributed by atoms with van der Waals surface area (Å²) in [5.74, 6) is -1.41. The third-order valence-corrected chi connectivity index (χ3v) is 5.97. The number of amides is 2. The Morgan fingerprint density at radius 3 is 2.15 bits per heavy atom. The van der Waals surface area contributed by atoms with Crippen LogP contribution < -0.4 is 10.6 Å². The third-order valence-electron chi connectivity index (χ3n) is 5.97. The zero-order valence-corrected chi connectivity index (χ0v) is 19.4. The van der Waals surface area contributed by atoms with Crippen LogP contribution in [-0.2, 0) is 14.3 Å². The molecule has 2 amide bonds. The molecule has 1 aliphatic rings. The van der Waals surface area contributed by atoms with E-state index >= 15 is 0 Å². The molecule has 0 aromatic heterocycles. The van der Waals surface area contributed by atoms with Crippen LogP contribution in [0.3, 0.4) is 0 Å². The van der Waals surface area contributed by atoms with Gasteiger partial charge in [-0.3, -0.25) is 4.79 Å². The Labute approximate surface area is 194 Å². The van der Waals surface area contributed by atoms with Crippen LogP contribution in [0.1, 0.15) is 63.5 Å². The van der Waals surface area contributed by atoms with E-state index in [1.54, 1.807) is 0 Å². The van der Waals surface area contributed by atoms with Gasteiger partial charge in [-0.2, -0.15) is 0 Å². The van der Waals surface area contributed by atoms with Crippen LogP contribution >= 0.6 is 0 Å². The highest BCUT2D eigenvalue weighted by atomic mass is 16.5. The number of hydrogen-bond acceptors (Lipinski definition) is 4. The maximum atomic E-state index is 12.5. The number of carboxylic acid groups (broad SMARTS) is 1. The summed E-state index contributed by atoms with van der Waals surface area (Å²) in [5.41, 5.74) is 3.92. The quantitative estimate of drug-likeness (QED) is 0.494. The molecule has 0 spiro atoms. The van der Waals surface area contributed by atoms with Gasteiger partial charge in [0.2, 0.25) is 5.91 Å². The predicted octanol–water partition coefficient (Wildman–Crippen LogP) is 4.45. The molecule has 0 saturated carbocycles. The van der Waals surface area contributed by atoms with Crippen LogP contribution in [0.25, 0.3) is 11.1 Å². The molecule has 1 aliphatic carbocycles. The van der Waals surface area contributed by atoms with Crippen LogP contribution in [-0.4, -0.2) is 41.3 Å². The first-order valence-corrected chi connectivity index (χ1v) is 11.4. The molecule has 0 aliphatic heterocycles. The summed E-state index contributed by atoms with van der Waals surface area (Å²) in [6, 6.07) is 15.4. The van der Waals surface area contributed by atoms with Gasteiger partial charge in [0.1, 0.15) is 12.6 Å². The fourth-order valence-corrected chi connectivity index (χ4v) is 4.21. The number of benzene rings is 2. The van der Waals surface area contributed by atoms with Crippen molar-refractivity contribution in [3.63, 3.8) is 0 Å². The summed E-state index contributed by atoms with van der Waals surface area (Å²) in [4.78, 5) is 35.9. The van der Waals surface area contributed by atoms with Gasteiger partial charge in [0.15, 0.2) is 0 Å². The minimum Gasteiger partial charge on any atom is -0.480 e. The molecule has 0 unspecified atom stereocenters. The largest absolute Gasteiger partial charge is 0.480 e. The Morgan fingerprint density at radius 2 is 1.61 bits per heavy atom. The number of ether oxygens (including phenoxy) is 1. The van der Waals surface area contributed by atoms with Gasteiger partial charge in [0.25, 0.3) is 0 Å². The molecule has 0 radical (unpaired) electrons. The lowest BCUT2D eigenvalue weighted by Gasteiger charge is -2.26. The van der Waals surface area contributed by atoms with E-state index in [-0.39, 0.29) is 24.9 Å². The van der Waals surface area contributed by atoms with E-state index in [0.717, 1.165) is 22.3 Å². The Bertz CT molecular complexity index is 972. The summed E-state index contributed by atoms with van der Waals surface area (Å²) < 4.78 is 5.58. The van der Waals surface area contributed by atoms with Crippen molar-refractivity contribution in [3.05, 3.63) is 59.7 Å². The number of rotatable bonds is 10. The number of carbonyl (C=O) groups is 3. The summed E-state index contributed by atoms with van der Waals surface area (Å²) in [5, 5.41) is 14.6. The van der Waals surface area contributed by atoms with Crippen LogP contribution in [0.15, 0.2) is 48.5 Å². The molecule has 1 atom stereocenters. The highest BCUT2D eigenvalue weighted by Gasteiger charge is 2.30. The number of alkyl carbamates (subject to hydrolysis) is 1. The standard InChI is InChI=1S/C26H32N2O5/c1-4-9-22(24(30)31)27-23(29)14-15-26(2,3)28-25(32)33-16-21-19-12-7-5-10-17(19)18-11-6-8-13-20(18)21/h5-8,10-13,21-22H,4,9,14-16H2,1-3H3,(H,27,29)(H,28,32)(H,30,31)/t22-/m1/s1. The van der Waals surface area contributed by atoms with Gasteiger partial charge in [0, 0.05) is 17.9 Å². The van der Waals surface area contributed by atoms with Gasteiger partial charge in [0.05, 0.1) is 0 Å². The molecule has 0 bridgehead atoms. The first-order chi connectivity index (χ1) is 15.7. The van der Waals surface area contributed by atoms with Crippen molar-refractivity contribution in [2.75, 3.05) is 6.61 Å². The molecule has 2 aromatic rings. The van der Waals surface area contributed by atoms with Crippen molar-refractivity contribution in [2.45, 2.75) is 64.0 Å². The number of aliphatic carboxylic acids is 1. The van der Waals surface area contributed by atoms with E-state index < -0.39 is 23.6 Å². The molecular weight excluding hydrogens is 420 g/mol. The molecule has 176 valence electrons. The number of carboxylic acids is 1. The van der Waals surface area contributed by atoms with Crippen LogP contribution in [0.2, 0.25) is 0 Å². The second kappa shape index (κ2) is 10.5. The minimum absolute atomic E-state index is 0.0245. The van der Waals surface area contributed by atoms with Gasteiger partial charge >= 0.3 is 12.1 Å². The van der Waals surface area contributed by atoms with Crippen LogP contribution in [0.4, 0.5) is 4.79 Å². The second-order valence-electron chi connectivity index (χ2n) is 9.08. The first kappa shape index (κ1) is 24.3. The molecular formula is C26H32N2O5. The summed E-state index contributed by atoms with van der Waals surface area (Å²) >= 11 is 0.